The molecule has 21 heavy (non-hydrogen) atoms. The van der Waals surface area contributed by atoms with Gasteiger partial charge in [0.25, 0.3) is 0 Å². The van der Waals surface area contributed by atoms with E-state index in [1.54, 1.807) is 0 Å². The van der Waals surface area contributed by atoms with Gasteiger partial charge in [0.15, 0.2) is 0 Å². The highest BCUT2D eigenvalue weighted by Gasteiger charge is 2.37. The van der Waals surface area contributed by atoms with Crippen molar-refractivity contribution >= 4 is 0 Å². The maximum absolute atomic E-state index is 3.84. The van der Waals surface area contributed by atoms with Crippen molar-refractivity contribution in [1.82, 2.24) is 10.2 Å². The molecule has 2 nitrogen and oxygen atoms in total. The molecule has 1 aromatic carbocycles. The Bertz CT molecular complexity index is 440. The van der Waals surface area contributed by atoms with Gasteiger partial charge >= 0.3 is 0 Å². The van der Waals surface area contributed by atoms with Gasteiger partial charge in [-0.2, -0.15) is 0 Å². The zero-order valence-electron chi connectivity index (χ0n) is 13.6. The van der Waals surface area contributed by atoms with Crippen LogP contribution in [0, 0.1) is 5.92 Å². The fraction of sp³-hybridized carbons (Fsp3) is 0.684. The third kappa shape index (κ3) is 3.32. The van der Waals surface area contributed by atoms with E-state index in [1.807, 2.05) is 0 Å². The summed E-state index contributed by atoms with van der Waals surface area (Å²) in [7, 11) is 0. The number of benzene rings is 1. The second-order valence-corrected chi connectivity index (χ2v) is 7.25. The molecule has 2 heteroatoms. The van der Waals surface area contributed by atoms with E-state index in [1.165, 1.54) is 44.2 Å². The molecule has 1 saturated carbocycles. The van der Waals surface area contributed by atoms with Gasteiger partial charge in [0, 0.05) is 25.7 Å². The third-order valence-corrected chi connectivity index (χ3v) is 5.51. The minimum Gasteiger partial charge on any atom is -0.305 e. The van der Waals surface area contributed by atoms with Crippen LogP contribution in [0.5, 0.6) is 0 Å². The van der Waals surface area contributed by atoms with E-state index < -0.39 is 0 Å². The Morgan fingerprint density at radius 2 is 2.00 bits per heavy atom. The first-order valence-corrected chi connectivity index (χ1v) is 8.76. The molecule has 1 aliphatic heterocycles. The molecule has 2 aliphatic rings. The predicted molar refractivity (Wildman–Crippen MR) is 89.4 cm³/mol. The van der Waals surface area contributed by atoms with Crippen molar-refractivity contribution in [3.05, 3.63) is 35.9 Å². The number of piperazine rings is 1. The van der Waals surface area contributed by atoms with Gasteiger partial charge in [-0.15, -0.1) is 0 Å². The van der Waals surface area contributed by atoms with Crippen molar-refractivity contribution in [2.75, 3.05) is 19.6 Å². The van der Waals surface area contributed by atoms with E-state index in [0.29, 0.717) is 0 Å². The first-order chi connectivity index (χ1) is 10.2. The third-order valence-electron chi connectivity index (χ3n) is 5.51. The fourth-order valence-corrected chi connectivity index (χ4v) is 3.90. The lowest BCUT2D eigenvalue weighted by Crippen LogP contribution is -2.62. The maximum atomic E-state index is 3.84. The molecular weight excluding hydrogens is 256 g/mol. The quantitative estimate of drug-likeness (QED) is 0.886. The number of rotatable bonds is 5. The van der Waals surface area contributed by atoms with Crippen LogP contribution >= 0.6 is 0 Å². The molecular formula is C19H30N2. The largest absolute Gasteiger partial charge is 0.305 e. The zero-order chi connectivity index (χ0) is 14.7. The lowest BCUT2D eigenvalue weighted by atomic mass is 9.82. The van der Waals surface area contributed by atoms with Crippen LogP contribution in [0.3, 0.4) is 0 Å². The Labute approximate surface area is 129 Å². The molecule has 0 radical (unpaired) electrons. The van der Waals surface area contributed by atoms with Crippen molar-refractivity contribution in [3.63, 3.8) is 0 Å². The smallest absolute Gasteiger partial charge is 0.0535 e. The summed E-state index contributed by atoms with van der Waals surface area (Å²) in [4.78, 5) is 2.79. The molecule has 1 aliphatic carbocycles. The van der Waals surface area contributed by atoms with E-state index in [9.17, 15) is 0 Å². The molecule has 2 atom stereocenters. The normalized spacial score (nSPS) is 31.0. The molecule has 2 fully saturated rings. The number of hydrogen-bond donors (Lipinski definition) is 1. The lowest BCUT2D eigenvalue weighted by Gasteiger charge is -2.48. The average molecular weight is 286 g/mol. The highest BCUT2D eigenvalue weighted by Crippen LogP contribution is 2.32. The van der Waals surface area contributed by atoms with Crippen molar-refractivity contribution in [1.29, 1.82) is 0 Å². The van der Waals surface area contributed by atoms with Crippen molar-refractivity contribution in [3.8, 4) is 0 Å². The summed E-state index contributed by atoms with van der Waals surface area (Å²) in [5.74, 6) is 0.961. The molecule has 1 heterocycles. The molecule has 0 amide bonds. The molecule has 0 spiro atoms. The maximum Gasteiger partial charge on any atom is 0.0535 e. The van der Waals surface area contributed by atoms with Crippen LogP contribution in [0.2, 0.25) is 0 Å². The fourth-order valence-electron chi connectivity index (χ4n) is 3.90. The molecule has 0 bridgehead atoms. The second kappa shape index (κ2) is 6.50. The van der Waals surface area contributed by atoms with Gasteiger partial charge in [0.1, 0.15) is 0 Å². The lowest BCUT2D eigenvalue weighted by molar-refractivity contribution is 0.0516. The van der Waals surface area contributed by atoms with Gasteiger partial charge in [-0.3, -0.25) is 4.90 Å². The molecule has 1 aromatic rings. The minimum atomic E-state index is 0.106. The van der Waals surface area contributed by atoms with Crippen LogP contribution < -0.4 is 5.32 Å². The monoisotopic (exact) mass is 286 g/mol. The Kier molecular flexibility index (Phi) is 4.66. The summed E-state index contributed by atoms with van der Waals surface area (Å²) in [6.07, 6.45) is 6.96. The topological polar surface area (TPSA) is 15.3 Å². The Balaban J connectivity index is 1.73. The Hall–Kier alpha value is -0.860. The van der Waals surface area contributed by atoms with Crippen LogP contribution in [0.15, 0.2) is 30.3 Å². The van der Waals surface area contributed by atoms with E-state index in [-0.39, 0.29) is 5.54 Å². The van der Waals surface area contributed by atoms with E-state index in [2.05, 4.69) is 54.4 Å². The summed E-state index contributed by atoms with van der Waals surface area (Å²) in [5.41, 5.74) is 1.54. The van der Waals surface area contributed by atoms with Crippen LogP contribution in [0.1, 0.15) is 51.5 Å². The van der Waals surface area contributed by atoms with Crippen molar-refractivity contribution in [2.45, 2.75) is 57.5 Å². The van der Waals surface area contributed by atoms with Crippen LogP contribution in [-0.4, -0.2) is 30.6 Å². The van der Waals surface area contributed by atoms with Gasteiger partial charge in [-0.1, -0.05) is 50.1 Å². The van der Waals surface area contributed by atoms with E-state index in [0.717, 1.165) is 25.0 Å². The van der Waals surface area contributed by atoms with E-state index in [4.69, 9.17) is 0 Å². The van der Waals surface area contributed by atoms with Gasteiger partial charge in [0.2, 0.25) is 0 Å². The molecule has 0 aromatic heterocycles. The van der Waals surface area contributed by atoms with Crippen LogP contribution in [-0.2, 0) is 5.54 Å². The van der Waals surface area contributed by atoms with Crippen LogP contribution in [0.25, 0.3) is 0 Å². The number of nitrogens with zero attached hydrogens (tertiary/aromatic N) is 1. The summed E-state index contributed by atoms with van der Waals surface area (Å²) >= 11 is 0. The van der Waals surface area contributed by atoms with Gasteiger partial charge in [0.05, 0.1) is 5.54 Å². The highest BCUT2D eigenvalue weighted by molar-refractivity contribution is 5.25. The molecule has 1 saturated heterocycles. The highest BCUT2D eigenvalue weighted by atomic mass is 15.3. The summed E-state index contributed by atoms with van der Waals surface area (Å²) in [5, 5.41) is 3.84. The first kappa shape index (κ1) is 15.1. The van der Waals surface area contributed by atoms with Gasteiger partial charge < -0.3 is 5.32 Å². The summed E-state index contributed by atoms with van der Waals surface area (Å²) in [6, 6.07) is 11.7. The SMILES string of the molecule is CCCC1CNC(C)(c2ccccc2)CN1CC1CCC1. The molecule has 116 valence electrons. The Morgan fingerprint density at radius 3 is 2.62 bits per heavy atom. The van der Waals surface area contributed by atoms with E-state index >= 15 is 0 Å². The molecule has 2 unspecified atom stereocenters. The molecule has 1 N–H and O–H groups in total. The zero-order valence-corrected chi connectivity index (χ0v) is 13.6. The average Bonchev–Trinajstić information content (AvgIpc) is 2.47. The van der Waals surface area contributed by atoms with Crippen LogP contribution in [0.4, 0.5) is 0 Å². The molecule has 3 rings (SSSR count). The predicted octanol–water partition coefficient (Wildman–Crippen LogP) is 3.78. The number of nitrogens with one attached hydrogen (secondary N) is 1. The standard InChI is InChI=1S/C19H30N2/c1-3-8-18-13-20-19(2,17-11-5-4-6-12-17)15-21(18)14-16-9-7-10-16/h4-6,11-12,16,18,20H,3,7-10,13-15H2,1-2H3. The summed E-state index contributed by atoms with van der Waals surface area (Å²) in [6.45, 7) is 8.28. The van der Waals surface area contributed by atoms with Gasteiger partial charge in [-0.25, -0.2) is 0 Å². The first-order valence-electron chi connectivity index (χ1n) is 8.76. The second-order valence-electron chi connectivity index (χ2n) is 7.25. The minimum absolute atomic E-state index is 0.106. The van der Waals surface area contributed by atoms with Crippen molar-refractivity contribution < 1.29 is 0 Å². The Morgan fingerprint density at radius 1 is 1.24 bits per heavy atom. The summed E-state index contributed by atoms with van der Waals surface area (Å²) < 4.78 is 0. The van der Waals surface area contributed by atoms with Gasteiger partial charge in [-0.05, 0) is 37.7 Å². The number of hydrogen-bond acceptors (Lipinski definition) is 2. The van der Waals surface area contributed by atoms with Crippen molar-refractivity contribution in [2.24, 2.45) is 5.92 Å².